The van der Waals surface area contributed by atoms with Crippen LogP contribution in [-0.2, 0) is 108 Å². The molecule has 7 heterocycles. The van der Waals surface area contributed by atoms with E-state index in [4.69, 9.17) is 21.9 Å². The van der Waals surface area contributed by atoms with Crippen LogP contribution in [0.1, 0.15) is 65.2 Å². The third-order valence-corrected chi connectivity index (χ3v) is 12.4. The topological polar surface area (TPSA) is 233 Å². The standard InChI is InChI=1S/C13H7F2N2.C13H11F2N2.C12H8F2N.C11H6F2N.3C6H8N2O2.4Ir/c1-8-5-6-17-11(7-8)9-3-4-10(14)13(16-2)12(9)15;1-16-8-9-4-5-17-13(6-9)11-3-2-10(14)7-12(11)15;1-8-4-5-15-12(6-8)10-3-2-9(13)7-11(10)14;12-8-4-5-9(10(13)7-8)11-3-1-2-6-14-11;3*1-4-3-5(6(9)10)7-8(4)2;;;;/h4-7H,1H3;2,4-7,16H,8H2,1H3;2,4-7H,1H3;1-4,6-7H;3*3H,1-2H3,(H,9,10);;;;/q4*-1;;;;;;;. The maximum Gasteiger partial charge on any atom is 0.356 e. The maximum atomic E-state index is 13.8. The summed E-state index contributed by atoms with van der Waals surface area (Å²) in [6.07, 6.45) is 6.25. The van der Waals surface area contributed by atoms with Crippen molar-refractivity contribution < 1.29 is 145 Å². The van der Waals surface area contributed by atoms with Crippen molar-refractivity contribution in [3.63, 3.8) is 0 Å². The van der Waals surface area contributed by atoms with Gasteiger partial charge >= 0.3 is 17.9 Å². The summed E-state index contributed by atoms with van der Waals surface area (Å²) in [4.78, 5) is 49.7. The molecule has 0 spiro atoms. The van der Waals surface area contributed by atoms with E-state index >= 15 is 0 Å². The van der Waals surface area contributed by atoms with Crippen molar-refractivity contribution in [1.29, 1.82) is 0 Å². The van der Waals surface area contributed by atoms with Crippen molar-refractivity contribution in [3.05, 3.63) is 273 Å². The molecule has 97 heavy (non-hydrogen) atoms. The molecule has 0 saturated heterocycles. The summed E-state index contributed by atoms with van der Waals surface area (Å²) in [6, 6.07) is 37.0. The number of carbonyl (C=O) groups is 3. The fraction of sp³-hybridized carbons (Fsp3) is 0.149. The predicted molar refractivity (Wildman–Crippen MR) is 327 cm³/mol. The molecule has 0 fully saturated rings. The van der Waals surface area contributed by atoms with Gasteiger partial charge in [0.15, 0.2) is 22.8 Å². The third-order valence-electron chi connectivity index (χ3n) is 12.4. The zero-order valence-corrected chi connectivity index (χ0v) is 61.9. The van der Waals surface area contributed by atoms with Gasteiger partial charge < -0.3 is 40.6 Å². The Bertz CT molecular complexity index is 4250. The van der Waals surface area contributed by atoms with E-state index in [1.54, 1.807) is 103 Å². The van der Waals surface area contributed by atoms with E-state index in [1.165, 1.54) is 38.4 Å². The molecule has 516 valence electrons. The van der Waals surface area contributed by atoms with Gasteiger partial charge in [0.1, 0.15) is 0 Å². The number of carboxylic acids is 3. The Kier molecular flexibility index (Phi) is 37.1. The molecule has 0 unspecified atom stereocenters. The molecule has 11 rings (SSSR count). The van der Waals surface area contributed by atoms with Crippen LogP contribution in [0.2, 0.25) is 0 Å². The quantitative estimate of drug-likeness (QED) is 0.0778. The van der Waals surface area contributed by atoms with E-state index < -0.39 is 70.1 Å². The van der Waals surface area contributed by atoms with Crippen LogP contribution in [0.15, 0.2) is 140 Å². The summed E-state index contributed by atoms with van der Waals surface area (Å²) in [6.45, 7) is 16.5. The number of rotatable bonds is 9. The number of aromatic nitrogens is 10. The maximum absolute atomic E-state index is 13.8. The number of hydrogen-bond acceptors (Lipinski definition) is 11. The van der Waals surface area contributed by atoms with Gasteiger partial charge in [-0.3, -0.25) is 54.0 Å². The van der Waals surface area contributed by atoms with Gasteiger partial charge in [0.25, 0.3) is 0 Å². The Labute approximate surface area is 606 Å². The van der Waals surface area contributed by atoms with Crippen LogP contribution in [-0.4, -0.2) is 89.6 Å². The van der Waals surface area contributed by atoms with Crippen molar-refractivity contribution in [2.75, 3.05) is 7.05 Å². The van der Waals surface area contributed by atoms with E-state index in [9.17, 15) is 49.5 Å². The second-order valence-corrected chi connectivity index (χ2v) is 19.4. The molecule has 30 heteroatoms. The van der Waals surface area contributed by atoms with Gasteiger partial charge in [0, 0.05) is 197 Å². The SMILES string of the molecule is CNCc1ccnc(-c2[c-]cc(F)cc2F)c1.Cc1cc(C(=O)O)nn1C.Cc1cc(C(=O)O)nn1C.Cc1cc(C(=O)O)nn1C.Cc1ccnc(-c2[c-]cc(F)cc2F)c1.Fc1c[c-]c(-c2ccccn2)c(F)c1.[C-]#[N+]c1c(F)c[c-]c(-c2cc(C)ccn2)c1F.[Ir].[Ir].[Ir].[Ir]. The number of pyridine rings is 4. The summed E-state index contributed by atoms with van der Waals surface area (Å²) in [5.41, 5.74) is 7.34. The summed E-state index contributed by atoms with van der Waals surface area (Å²) in [5, 5.41) is 39.5. The van der Waals surface area contributed by atoms with E-state index in [0.717, 1.165) is 76.2 Å². The van der Waals surface area contributed by atoms with Crippen LogP contribution >= 0.6 is 0 Å². The number of halogens is 8. The molecular weight excluding hydrogens is 1990 g/mol. The number of aromatic carboxylic acids is 3. The van der Waals surface area contributed by atoms with Crippen LogP contribution in [0.3, 0.4) is 0 Å². The first-order valence-corrected chi connectivity index (χ1v) is 27.1. The fourth-order valence-electron chi connectivity index (χ4n) is 7.48. The first-order chi connectivity index (χ1) is 44.1. The zero-order chi connectivity index (χ0) is 68.6. The van der Waals surface area contributed by atoms with Crippen LogP contribution in [0.4, 0.5) is 40.8 Å². The molecule has 0 amide bonds. The molecule has 0 aliphatic carbocycles. The summed E-state index contributed by atoms with van der Waals surface area (Å²) < 4.78 is 110. The normalized spacial score (nSPS) is 9.69. The van der Waals surface area contributed by atoms with Crippen LogP contribution in [0, 0.1) is 112 Å². The average Bonchev–Trinajstić information content (AvgIpc) is 1.31. The smallest absolute Gasteiger partial charge is 0.356 e. The van der Waals surface area contributed by atoms with Gasteiger partial charge in [-0.25, -0.2) is 14.4 Å². The summed E-state index contributed by atoms with van der Waals surface area (Å²) in [5.74, 6) is -8.64. The second-order valence-electron chi connectivity index (χ2n) is 19.4. The Morgan fingerprint density at radius 3 is 1.12 bits per heavy atom. The third kappa shape index (κ3) is 26.5. The Morgan fingerprint density at radius 2 is 0.814 bits per heavy atom. The van der Waals surface area contributed by atoms with Gasteiger partial charge in [-0.15, -0.1) is 54.1 Å². The Hall–Kier alpha value is -8.99. The molecule has 11 aromatic rings. The van der Waals surface area contributed by atoms with Gasteiger partial charge in [-0.1, -0.05) is 76.3 Å². The van der Waals surface area contributed by atoms with Crippen LogP contribution in [0.5, 0.6) is 0 Å². The number of nitrogens with zero attached hydrogens (tertiary/aromatic N) is 11. The molecule has 4 N–H and O–H groups in total. The molecule has 0 atom stereocenters. The molecule has 0 bridgehead atoms. The molecule has 0 aliphatic heterocycles. The molecule has 0 aliphatic rings. The number of benzene rings is 4. The zero-order valence-electron chi connectivity index (χ0n) is 52.3. The first kappa shape index (κ1) is 86.0. The van der Waals surface area contributed by atoms with E-state index in [0.29, 0.717) is 29.3 Å². The van der Waals surface area contributed by atoms with Crippen LogP contribution in [0.25, 0.3) is 49.9 Å². The second kappa shape index (κ2) is 41.9. The molecule has 4 radical (unpaired) electrons. The van der Waals surface area contributed by atoms with Crippen molar-refractivity contribution in [2.45, 2.75) is 41.2 Å². The molecule has 18 nitrogen and oxygen atoms in total. The number of hydrogen-bond donors (Lipinski definition) is 4. The largest absolute Gasteiger partial charge is 0.476 e. The first-order valence-electron chi connectivity index (χ1n) is 27.1. The number of carboxylic acid groups (broad SMARTS) is 3. The van der Waals surface area contributed by atoms with Gasteiger partial charge in [0.2, 0.25) is 0 Å². The summed E-state index contributed by atoms with van der Waals surface area (Å²) >= 11 is 0. The van der Waals surface area contributed by atoms with Crippen molar-refractivity contribution in [3.8, 4) is 45.0 Å². The molecule has 4 aromatic carbocycles. The minimum atomic E-state index is -0.983. The van der Waals surface area contributed by atoms with Crippen molar-refractivity contribution in [2.24, 2.45) is 21.1 Å². The van der Waals surface area contributed by atoms with Crippen molar-refractivity contribution in [1.82, 2.24) is 54.6 Å². The van der Waals surface area contributed by atoms with E-state index in [2.05, 4.69) is 69.7 Å². The van der Waals surface area contributed by atoms with Crippen LogP contribution < -0.4 is 5.32 Å². The minimum absolute atomic E-state index is 0. The summed E-state index contributed by atoms with van der Waals surface area (Å²) in [7, 11) is 6.95. The van der Waals surface area contributed by atoms with E-state index in [1.807, 2.05) is 33.0 Å². The van der Waals surface area contributed by atoms with Gasteiger partial charge in [0.05, 0.1) is 6.57 Å². The monoisotopic (exact) mass is 2050 g/mol. The fourth-order valence-corrected chi connectivity index (χ4v) is 7.48. The van der Waals surface area contributed by atoms with E-state index in [-0.39, 0.29) is 120 Å². The molecule has 7 aromatic heterocycles. The van der Waals surface area contributed by atoms with Crippen molar-refractivity contribution >= 4 is 23.6 Å². The average molecular weight is 2050 g/mol. The van der Waals surface area contributed by atoms with Gasteiger partial charge in [-0.2, -0.15) is 15.3 Å². The Balaban J connectivity index is 0.000000568. The predicted octanol–water partition coefficient (Wildman–Crippen LogP) is 13.5. The minimum Gasteiger partial charge on any atom is -0.476 e. The number of nitrogens with one attached hydrogen (secondary N) is 1. The molecule has 0 saturated carbocycles. The number of aryl methyl sites for hydroxylation is 8. The molecular formula is C67H56F8Ir4N12O6-4. The Morgan fingerprint density at radius 1 is 0.464 bits per heavy atom. The van der Waals surface area contributed by atoms with Gasteiger partial charge in [-0.05, 0) is 112 Å².